The molecule has 1 aliphatic heterocycles. The zero-order valence-electron chi connectivity index (χ0n) is 13.5. The van der Waals surface area contributed by atoms with Gasteiger partial charge in [-0.1, -0.05) is 30.3 Å². The molecule has 0 radical (unpaired) electrons. The highest BCUT2D eigenvalue weighted by molar-refractivity contribution is 6.03. The molecule has 1 atom stereocenters. The number of fused-ring (bicyclic) bond motifs is 2. The molecule has 0 fully saturated rings. The van der Waals surface area contributed by atoms with Crippen molar-refractivity contribution >= 4 is 17.3 Å². The van der Waals surface area contributed by atoms with Gasteiger partial charge < -0.3 is 10.2 Å². The van der Waals surface area contributed by atoms with Crippen LogP contribution in [0, 0.1) is 0 Å². The molecule has 1 unspecified atom stereocenters. The molecule has 1 heterocycles. The summed E-state index contributed by atoms with van der Waals surface area (Å²) in [6.07, 6.45) is 4.81. The van der Waals surface area contributed by atoms with E-state index < -0.39 is 0 Å². The molecule has 0 saturated carbocycles. The van der Waals surface area contributed by atoms with Crippen LogP contribution in [0.15, 0.2) is 42.5 Å². The Balaban J connectivity index is 1.78. The molecule has 2 aliphatic rings. The van der Waals surface area contributed by atoms with Gasteiger partial charge in [-0.3, -0.25) is 4.79 Å². The van der Waals surface area contributed by atoms with Crippen molar-refractivity contribution in [3.8, 4) is 0 Å². The van der Waals surface area contributed by atoms with Crippen LogP contribution in [0.25, 0.3) is 0 Å². The van der Waals surface area contributed by atoms with Crippen LogP contribution in [0.2, 0.25) is 0 Å². The quantitative estimate of drug-likeness (QED) is 0.906. The van der Waals surface area contributed by atoms with E-state index in [1.165, 1.54) is 29.5 Å². The molecule has 0 aromatic heterocycles. The van der Waals surface area contributed by atoms with Gasteiger partial charge in [0.05, 0.1) is 24.0 Å². The molecule has 2 aromatic rings. The van der Waals surface area contributed by atoms with Crippen molar-refractivity contribution in [1.29, 1.82) is 0 Å². The number of carbonyl (C=O) groups is 1. The molecule has 1 amide bonds. The average molecular weight is 306 g/mol. The van der Waals surface area contributed by atoms with E-state index in [0.29, 0.717) is 6.54 Å². The minimum absolute atomic E-state index is 0.0474. The summed E-state index contributed by atoms with van der Waals surface area (Å²) in [6.45, 7) is 2.49. The molecule has 3 heteroatoms. The van der Waals surface area contributed by atoms with E-state index in [-0.39, 0.29) is 11.9 Å². The fraction of sp³-hybridized carbons (Fsp3) is 0.350. The summed E-state index contributed by atoms with van der Waals surface area (Å²) in [5, 5.41) is 3.31. The number of hydrogen-bond donors (Lipinski definition) is 1. The monoisotopic (exact) mass is 306 g/mol. The lowest BCUT2D eigenvalue weighted by molar-refractivity contribution is -0.117. The maximum atomic E-state index is 12.6. The number of carbonyl (C=O) groups excluding carboxylic acids is 1. The lowest BCUT2D eigenvalue weighted by Crippen LogP contribution is -2.41. The molecule has 3 nitrogen and oxygen atoms in total. The molecule has 1 aliphatic carbocycles. The zero-order valence-corrected chi connectivity index (χ0v) is 13.5. The van der Waals surface area contributed by atoms with Gasteiger partial charge in [0.1, 0.15) is 0 Å². The highest BCUT2D eigenvalue weighted by atomic mass is 16.2. The van der Waals surface area contributed by atoms with Gasteiger partial charge in [-0.2, -0.15) is 0 Å². The molecule has 0 bridgehead atoms. The van der Waals surface area contributed by atoms with Gasteiger partial charge in [0, 0.05) is 0 Å². The van der Waals surface area contributed by atoms with Gasteiger partial charge in [0.25, 0.3) is 0 Å². The first kappa shape index (κ1) is 14.3. The van der Waals surface area contributed by atoms with E-state index in [2.05, 4.69) is 36.5 Å². The normalized spacial score (nSPS) is 18.0. The van der Waals surface area contributed by atoms with Crippen LogP contribution in [0.4, 0.5) is 11.4 Å². The van der Waals surface area contributed by atoms with E-state index >= 15 is 0 Å². The summed E-state index contributed by atoms with van der Waals surface area (Å²) in [5.74, 6) is 0.143. The standard InChI is InChI=1S/C20H22N2O/c1-14(15-7-3-2-4-8-15)22-19-12-17-10-6-5-9-16(17)11-18(19)21-13-20(22)23/h2-4,7-8,11-12,14,21H,5-6,9-10,13H2,1H3. The second-order valence-electron chi connectivity index (χ2n) is 6.55. The van der Waals surface area contributed by atoms with Gasteiger partial charge in [-0.05, 0) is 61.4 Å². The Labute approximate surface area is 137 Å². The molecular formula is C20H22N2O. The number of rotatable bonds is 2. The van der Waals surface area contributed by atoms with Crippen LogP contribution in [0.3, 0.4) is 0 Å². The zero-order chi connectivity index (χ0) is 15.8. The highest BCUT2D eigenvalue weighted by Crippen LogP contribution is 2.39. The number of amides is 1. The van der Waals surface area contributed by atoms with Crippen molar-refractivity contribution in [3.05, 3.63) is 59.2 Å². The van der Waals surface area contributed by atoms with E-state index in [0.717, 1.165) is 24.2 Å². The number of anilines is 2. The van der Waals surface area contributed by atoms with Crippen LogP contribution in [0.1, 0.15) is 42.5 Å². The van der Waals surface area contributed by atoms with E-state index in [1.54, 1.807) is 0 Å². The molecule has 1 N–H and O–H groups in total. The smallest absolute Gasteiger partial charge is 0.246 e. The largest absolute Gasteiger partial charge is 0.374 e. The van der Waals surface area contributed by atoms with Crippen LogP contribution in [-0.4, -0.2) is 12.5 Å². The maximum Gasteiger partial charge on any atom is 0.246 e. The number of nitrogens with zero attached hydrogens (tertiary/aromatic N) is 1. The number of benzene rings is 2. The summed E-state index contributed by atoms with van der Waals surface area (Å²) < 4.78 is 0. The van der Waals surface area contributed by atoms with Crippen molar-refractivity contribution in [2.45, 2.75) is 38.6 Å². The van der Waals surface area contributed by atoms with Crippen molar-refractivity contribution in [2.24, 2.45) is 0 Å². The second-order valence-corrected chi connectivity index (χ2v) is 6.55. The third-order valence-corrected chi connectivity index (χ3v) is 5.09. The van der Waals surface area contributed by atoms with Gasteiger partial charge in [-0.15, -0.1) is 0 Å². The third kappa shape index (κ3) is 2.50. The molecule has 0 spiro atoms. The maximum absolute atomic E-state index is 12.6. The van der Waals surface area contributed by atoms with Crippen LogP contribution in [0.5, 0.6) is 0 Å². The minimum Gasteiger partial charge on any atom is -0.374 e. The number of nitrogens with one attached hydrogen (secondary N) is 1. The third-order valence-electron chi connectivity index (χ3n) is 5.09. The van der Waals surface area contributed by atoms with E-state index in [4.69, 9.17) is 0 Å². The fourth-order valence-electron chi connectivity index (χ4n) is 3.81. The Morgan fingerprint density at radius 2 is 1.74 bits per heavy atom. The minimum atomic E-state index is 0.0474. The Morgan fingerprint density at radius 1 is 1.04 bits per heavy atom. The predicted octanol–water partition coefficient (Wildman–Crippen LogP) is 4.09. The molecule has 23 heavy (non-hydrogen) atoms. The Bertz CT molecular complexity index is 739. The SMILES string of the molecule is CC(c1ccccc1)N1C(=O)CNc2cc3c(cc21)CCCC3. The van der Waals surface area contributed by atoms with Crippen LogP contribution in [-0.2, 0) is 17.6 Å². The van der Waals surface area contributed by atoms with E-state index in [1.807, 2.05) is 23.1 Å². The van der Waals surface area contributed by atoms with Crippen molar-refractivity contribution < 1.29 is 4.79 Å². The first-order valence-electron chi connectivity index (χ1n) is 8.51. The topological polar surface area (TPSA) is 32.3 Å². The first-order valence-corrected chi connectivity index (χ1v) is 8.51. The van der Waals surface area contributed by atoms with Gasteiger partial charge >= 0.3 is 0 Å². The number of hydrogen-bond acceptors (Lipinski definition) is 2. The Hall–Kier alpha value is -2.29. The van der Waals surface area contributed by atoms with E-state index in [9.17, 15) is 4.79 Å². The van der Waals surface area contributed by atoms with Crippen molar-refractivity contribution in [3.63, 3.8) is 0 Å². The van der Waals surface area contributed by atoms with Gasteiger partial charge in [0.15, 0.2) is 0 Å². The summed E-state index contributed by atoms with van der Waals surface area (Å²) in [7, 11) is 0. The Morgan fingerprint density at radius 3 is 2.48 bits per heavy atom. The second kappa shape index (κ2) is 5.73. The summed E-state index contributed by atoms with van der Waals surface area (Å²) in [5.41, 5.74) is 6.18. The van der Waals surface area contributed by atoms with Crippen LogP contribution < -0.4 is 10.2 Å². The predicted molar refractivity (Wildman–Crippen MR) is 93.9 cm³/mol. The highest BCUT2D eigenvalue weighted by Gasteiger charge is 2.30. The molecule has 0 saturated heterocycles. The molecule has 2 aromatic carbocycles. The first-order chi connectivity index (χ1) is 11.2. The summed E-state index contributed by atoms with van der Waals surface area (Å²) in [6, 6.07) is 14.8. The molecule has 118 valence electrons. The summed E-state index contributed by atoms with van der Waals surface area (Å²) >= 11 is 0. The van der Waals surface area contributed by atoms with Gasteiger partial charge in [-0.25, -0.2) is 0 Å². The van der Waals surface area contributed by atoms with Crippen molar-refractivity contribution in [2.75, 3.05) is 16.8 Å². The Kier molecular flexibility index (Phi) is 3.56. The summed E-state index contributed by atoms with van der Waals surface area (Å²) in [4.78, 5) is 14.6. The molecular weight excluding hydrogens is 284 g/mol. The number of aryl methyl sites for hydroxylation is 2. The average Bonchev–Trinajstić information content (AvgIpc) is 2.60. The van der Waals surface area contributed by atoms with Crippen molar-refractivity contribution in [1.82, 2.24) is 0 Å². The lowest BCUT2D eigenvalue weighted by Gasteiger charge is -2.36. The lowest BCUT2D eigenvalue weighted by atomic mass is 9.89. The molecule has 4 rings (SSSR count). The fourth-order valence-corrected chi connectivity index (χ4v) is 3.81. The van der Waals surface area contributed by atoms with Crippen LogP contribution >= 0.6 is 0 Å². The van der Waals surface area contributed by atoms with Gasteiger partial charge in [0.2, 0.25) is 5.91 Å².